The van der Waals surface area contributed by atoms with Crippen molar-refractivity contribution in [3.63, 3.8) is 0 Å². The largest absolute Gasteiger partial charge is 0.495 e. The third-order valence-electron chi connectivity index (χ3n) is 3.73. The molecule has 0 saturated heterocycles. The molecule has 0 aromatic heterocycles. The molecule has 1 amide bonds. The van der Waals surface area contributed by atoms with Crippen molar-refractivity contribution in [2.75, 3.05) is 19.5 Å². The normalized spacial score (nSPS) is 12.0. The lowest BCUT2D eigenvalue weighted by atomic mass is 10.1. The van der Waals surface area contributed by atoms with Crippen molar-refractivity contribution in [2.45, 2.75) is 19.5 Å². The molecule has 2 aromatic carbocycles. The van der Waals surface area contributed by atoms with Crippen LogP contribution in [0.3, 0.4) is 0 Å². The first kappa shape index (κ1) is 17.0. The minimum atomic E-state index is -0.372. The summed E-state index contributed by atoms with van der Waals surface area (Å²) in [6.07, 6.45) is 0. The molecule has 0 heterocycles. The first-order chi connectivity index (χ1) is 11.0. The minimum Gasteiger partial charge on any atom is -0.495 e. The Morgan fingerprint density at radius 3 is 2.70 bits per heavy atom. The van der Waals surface area contributed by atoms with Crippen LogP contribution in [0.15, 0.2) is 48.5 Å². The molecule has 4 nitrogen and oxygen atoms in total. The Bertz CT molecular complexity index is 676. The van der Waals surface area contributed by atoms with Gasteiger partial charge in [-0.1, -0.05) is 24.3 Å². The Hall–Kier alpha value is -2.40. The third kappa shape index (κ3) is 4.53. The number of amides is 1. The summed E-state index contributed by atoms with van der Waals surface area (Å²) in [7, 11) is 3.39. The molecule has 2 rings (SSSR count). The number of ether oxygens (including phenoxy) is 1. The number of carbonyl (C=O) groups is 1. The molecule has 0 saturated carbocycles. The molecule has 0 aliphatic heterocycles. The van der Waals surface area contributed by atoms with Gasteiger partial charge in [-0.3, -0.25) is 9.69 Å². The first-order valence-electron chi connectivity index (χ1n) is 7.40. The number of benzene rings is 2. The molecule has 23 heavy (non-hydrogen) atoms. The fourth-order valence-corrected chi connectivity index (χ4v) is 2.25. The van der Waals surface area contributed by atoms with Crippen molar-refractivity contribution in [3.05, 3.63) is 59.9 Å². The molecule has 2 aromatic rings. The van der Waals surface area contributed by atoms with Gasteiger partial charge in [-0.15, -0.1) is 0 Å². The summed E-state index contributed by atoms with van der Waals surface area (Å²) in [5.41, 5.74) is 1.45. The van der Waals surface area contributed by atoms with Gasteiger partial charge >= 0.3 is 0 Å². The molecular formula is C18H21FN2O2. The lowest BCUT2D eigenvalue weighted by Crippen LogP contribution is -2.39. The minimum absolute atomic E-state index is 0.145. The van der Waals surface area contributed by atoms with Crippen LogP contribution >= 0.6 is 0 Å². The second-order valence-electron chi connectivity index (χ2n) is 5.41. The molecular weight excluding hydrogens is 295 g/mol. The molecule has 1 N–H and O–H groups in total. The average molecular weight is 316 g/mol. The van der Waals surface area contributed by atoms with E-state index in [4.69, 9.17) is 4.74 Å². The van der Waals surface area contributed by atoms with Crippen LogP contribution in [0.4, 0.5) is 10.1 Å². The molecule has 122 valence electrons. The molecule has 0 radical (unpaired) electrons. The number of carbonyl (C=O) groups excluding carboxylic acids is 1. The van der Waals surface area contributed by atoms with Crippen molar-refractivity contribution < 1.29 is 13.9 Å². The van der Waals surface area contributed by atoms with Crippen molar-refractivity contribution in [1.82, 2.24) is 4.90 Å². The second kappa shape index (κ2) is 7.74. The van der Waals surface area contributed by atoms with Gasteiger partial charge in [0.15, 0.2) is 0 Å². The number of nitrogens with zero attached hydrogens (tertiary/aromatic N) is 1. The van der Waals surface area contributed by atoms with Crippen LogP contribution in [0, 0.1) is 5.82 Å². The summed E-state index contributed by atoms with van der Waals surface area (Å²) in [5, 5.41) is 2.86. The fraction of sp³-hybridized carbons (Fsp3) is 0.278. The molecule has 0 aliphatic carbocycles. The van der Waals surface area contributed by atoms with Crippen LogP contribution in [-0.4, -0.2) is 31.0 Å². The van der Waals surface area contributed by atoms with Gasteiger partial charge in [0.1, 0.15) is 11.6 Å². The number of halogens is 1. The number of nitrogens with one attached hydrogen (secondary N) is 1. The van der Waals surface area contributed by atoms with Crippen LogP contribution in [0.5, 0.6) is 5.75 Å². The lowest BCUT2D eigenvalue weighted by molar-refractivity contribution is -0.120. The molecule has 0 aliphatic rings. The van der Waals surface area contributed by atoms with Crippen LogP contribution < -0.4 is 10.1 Å². The van der Waals surface area contributed by atoms with Gasteiger partial charge in [0.2, 0.25) is 5.91 Å². The van der Waals surface area contributed by atoms with Crippen LogP contribution in [0.2, 0.25) is 0 Å². The summed E-state index contributed by atoms with van der Waals surface area (Å²) in [5.74, 6) is 0.191. The first-order valence-corrected chi connectivity index (χ1v) is 7.40. The Morgan fingerprint density at radius 1 is 1.26 bits per heavy atom. The Kier molecular flexibility index (Phi) is 5.71. The second-order valence-corrected chi connectivity index (χ2v) is 5.41. The van der Waals surface area contributed by atoms with E-state index in [0.717, 1.165) is 5.56 Å². The van der Waals surface area contributed by atoms with Crippen LogP contribution in [0.1, 0.15) is 12.5 Å². The number of anilines is 1. The van der Waals surface area contributed by atoms with Crippen molar-refractivity contribution in [2.24, 2.45) is 0 Å². The maximum Gasteiger partial charge on any atom is 0.241 e. The van der Waals surface area contributed by atoms with E-state index in [1.54, 1.807) is 25.3 Å². The Labute approximate surface area is 135 Å². The summed E-state index contributed by atoms with van der Waals surface area (Å²) < 4.78 is 18.5. The predicted molar refractivity (Wildman–Crippen MR) is 89.0 cm³/mol. The molecule has 0 spiro atoms. The Morgan fingerprint density at radius 2 is 2.00 bits per heavy atom. The van der Waals surface area contributed by atoms with Crippen molar-refractivity contribution in [3.8, 4) is 5.75 Å². The predicted octanol–water partition coefficient (Wildman–Crippen LogP) is 3.29. The number of para-hydroxylation sites is 2. The summed E-state index contributed by atoms with van der Waals surface area (Å²) >= 11 is 0. The molecule has 0 unspecified atom stereocenters. The maximum absolute atomic E-state index is 13.2. The monoisotopic (exact) mass is 316 g/mol. The highest BCUT2D eigenvalue weighted by atomic mass is 19.1. The van der Waals surface area contributed by atoms with Crippen LogP contribution in [0.25, 0.3) is 0 Å². The SMILES string of the molecule is COc1ccccc1NC(=O)[C@@H](C)N(C)Cc1cccc(F)c1. The van der Waals surface area contributed by atoms with E-state index in [9.17, 15) is 9.18 Å². The van der Waals surface area contributed by atoms with E-state index in [0.29, 0.717) is 18.0 Å². The van der Waals surface area contributed by atoms with Gasteiger partial charge in [0, 0.05) is 6.54 Å². The maximum atomic E-state index is 13.2. The van der Waals surface area contributed by atoms with Gasteiger partial charge in [0.25, 0.3) is 0 Å². The van der Waals surface area contributed by atoms with E-state index in [2.05, 4.69) is 5.32 Å². The number of methoxy groups -OCH3 is 1. The quantitative estimate of drug-likeness (QED) is 0.889. The molecule has 5 heteroatoms. The van der Waals surface area contributed by atoms with Gasteiger partial charge < -0.3 is 10.1 Å². The molecule has 1 atom stereocenters. The van der Waals surface area contributed by atoms with Gasteiger partial charge in [0.05, 0.1) is 18.8 Å². The van der Waals surface area contributed by atoms with E-state index >= 15 is 0 Å². The smallest absolute Gasteiger partial charge is 0.241 e. The number of hydrogen-bond acceptors (Lipinski definition) is 3. The zero-order valence-corrected chi connectivity index (χ0v) is 13.5. The lowest BCUT2D eigenvalue weighted by Gasteiger charge is -2.24. The van der Waals surface area contributed by atoms with Gasteiger partial charge in [-0.05, 0) is 43.8 Å². The summed E-state index contributed by atoms with van der Waals surface area (Å²) in [6, 6.07) is 13.3. The van der Waals surface area contributed by atoms with Crippen molar-refractivity contribution >= 4 is 11.6 Å². The standard InChI is InChI=1S/C18H21FN2O2/c1-13(21(2)12-14-7-6-8-15(19)11-14)18(22)20-16-9-4-5-10-17(16)23-3/h4-11,13H,12H2,1-3H3,(H,20,22)/t13-/m1/s1. The third-order valence-corrected chi connectivity index (χ3v) is 3.73. The van der Waals surface area contributed by atoms with Gasteiger partial charge in [-0.2, -0.15) is 0 Å². The summed E-state index contributed by atoms with van der Waals surface area (Å²) in [4.78, 5) is 14.3. The van der Waals surface area contributed by atoms with E-state index in [-0.39, 0.29) is 17.8 Å². The zero-order valence-electron chi connectivity index (χ0n) is 13.5. The molecule has 0 fully saturated rings. The number of hydrogen-bond donors (Lipinski definition) is 1. The fourth-order valence-electron chi connectivity index (χ4n) is 2.25. The van der Waals surface area contributed by atoms with E-state index in [1.807, 2.05) is 37.1 Å². The van der Waals surface area contributed by atoms with E-state index < -0.39 is 0 Å². The highest BCUT2D eigenvalue weighted by molar-refractivity contribution is 5.95. The highest BCUT2D eigenvalue weighted by Gasteiger charge is 2.19. The Balaban J connectivity index is 2.01. The van der Waals surface area contributed by atoms with Crippen LogP contribution in [-0.2, 0) is 11.3 Å². The molecule has 0 bridgehead atoms. The number of likely N-dealkylation sites (N-methyl/N-ethyl adjacent to an activating group) is 1. The highest BCUT2D eigenvalue weighted by Crippen LogP contribution is 2.23. The topological polar surface area (TPSA) is 41.6 Å². The van der Waals surface area contributed by atoms with Gasteiger partial charge in [-0.25, -0.2) is 4.39 Å². The number of rotatable bonds is 6. The average Bonchev–Trinajstić information content (AvgIpc) is 2.54. The van der Waals surface area contributed by atoms with Crippen molar-refractivity contribution in [1.29, 1.82) is 0 Å². The summed E-state index contributed by atoms with van der Waals surface area (Å²) in [6.45, 7) is 2.29. The van der Waals surface area contributed by atoms with E-state index in [1.165, 1.54) is 12.1 Å². The zero-order chi connectivity index (χ0) is 16.8.